The second kappa shape index (κ2) is 8.17. The van der Waals surface area contributed by atoms with Gasteiger partial charge >= 0.3 is 0 Å². The third-order valence-electron chi connectivity index (χ3n) is 3.93. The molecule has 130 valence electrons. The normalized spacial score (nSPS) is 21.9. The van der Waals surface area contributed by atoms with Crippen molar-refractivity contribution in [1.29, 1.82) is 0 Å². The first-order chi connectivity index (χ1) is 10.9. The van der Waals surface area contributed by atoms with Crippen LogP contribution in [-0.4, -0.2) is 65.1 Å². The van der Waals surface area contributed by atoms with E-state index in [1.165, 1.54) is 0 Å². The third kappa shape index (κ3) is 5.51. The van der Waals surface area contributed by atoms with Crippen LogP contribution in [0.2, 0.25) is 0 Å². The van der Waals surface area contributed by atoms with Crippen molar-refractivity contribution in [2.24, 2.45) is 0 Å². The van der Waals surface area contributed by atoms with Gasteiger partial charge in [0.2, 0.25) is 0 Å². The predicted octanol–water partition coefficient (Wildman–Crippen LogP) is 1.84. The highest BCUT2D eigenvalue weighted by molar-refractivity contribution is 7.99. The van der Waals surface area contributed by atoms with Crippen LogP contribution in [0, 0.1) is 0 Å². The van der Waals surface area contributed by atoms with Crippen LogP contribution in [0.1, 0.15) is 32.6 Å². The summed E-state index contributed by atoms with van der Waals surface area (Å²) in [4.78, 5) is 13.1. The number of nitrogens with two attached hydrogens (primary N) is 1. The molecular formula is C16H29N5OS. The van der Waals surface area contributed by atoms with E-state index in [1.807, 2.05) is 25.1 Å². The molecule has 1 unspecified atom stereocenters. The number of piperidine rings is 1. The SMILES string of the molecule is CCCCSc1nc(N)cc(N2CCCC(O)(CN(C)C)C2)n1. The van der Waals surface area contributed by atoms with Crippen molar-refractivity contribution in [2.45, 2.75) is 43.4 Å². The van der Waals surface area contributed by atoms with Crippen molar-refractivity contribution >= 4 is 23.4 Å². The molecule has 0 saturated carbocycles. The summed E-state index contributed by atoms with van der Waals surface area (Å²) in [5, 5.41) is 11.6. The molecule has 0 radical (unpaired) electrons. The van der Waals surface area contributed by atoms with Gasteiger partial charge in [0.05, 0.1) is 5.60 Å². The number of likely N-dealkylation sites (N-methyl/N-ethyl adjacent to an activating group) is 1. The van der Waals surface area contributed by atoms with Gasteiger partial charge in [0.1, 0.15) is 11.6 Å². The first-order valence-corrected chi connectivity index (χ1v) is 9.30. The van der Waals surface area contributed by atoms with E-state index in [4.69, 9.17) is 5.73 Å². The van der Waals surface area contributed by atoms with E-state index < -0.39 is 5.60 Å². The molecular weight excluding hydrogens is 310 g/mol. The number of β-amino-alcohol motifs (C(OH)–C–C–N with tert-alkyl or cyclic N) is 1. The quantitative estimate of drug-likeness (QED) is 0.446. The standard InChI is InChI=1S/C16H29N5OS/c1-4-5-9-23-15-18-13(17)10-14(19-15)21-8-6-7-16(22,12-21)11-20(2)3/h10,22H,4-9,11-12H2,1-3H3,(H2,17,18,19). The Bertz CT molecular complexity index is 513. The van der Waals surface area contributed by atoms with Crippen LogP contribution >= 0.6 is 11.8 Å². The Labute approximate surface area is 143 Å². The minimum absolute atomic E-state index is 0.496. The molecule has 1 aliphatic rings. The fourth-order valence-electron chi connectivity index (χ4n) is 2.99. The zero-order valence-corrected chi connectivity index (χ0v) is 15.3. The van der Waals surface area contributed by atoms with Crippen molar-refractivity contribution in [3.05, 3.63) is 6.07 Å². The van der Waals surface area contributed by atoms with Crippen LogP contribution in [0.4, 0.5) is 11.6 Å². The van der Waals surface area contributed by atoms with Gasteiger partial charge in [0.25, 0.3) is 0 Å². The van der Waals surface area contributed by atoms with E-state index in [-0.39, 0.29) is 0 Å². The maximum Gasteiger partial charge on any atom is 0.191 e. The number of nitrogens with zero attached hydrogens (tertiary/aromatic N) is 4. The lowest BCUT2D eigenvalue weighted by Gasteiger charge is -2.41. The van der Waals surface area contributed by atoms with E-state index in [0.717, 1.165) is 49.0 Å². The van der Waals surface area contributed by atoms with Crippen molar-refractivity contribution in [1.82, 2.24) is 14.9 Å². The predicted molar refractivity (Wildman–Crippen MR) is 97.0 cm³/mol. The van der Waals surface area contributed by atoms with Gasteiger partial charge in [0.15, 0.2) is 5.16 Å². The Morgan fingerprint density at radius 3 is 2.91 bits per heavy atom. The highest BCUT2D eigenvalue weighted by Crippen LogP contribution is 2.28. The Kier molecular flexibility index (Phi) is 6.50. The minimum Gasteiger partial charge on any atom is -0.387 e. The molecule has 1 fully saturated rings. The zero-order valence-electron chi connectivity index (χ0n) is 14.5. The summed E-state index contributed by atoms with van der Waals surface area (Å²) in [7, 11) is 3.98. The highest BCUT2D eigenvalue weighted by Gasteiger charge is 2.34. The van der Waals surface area contributed by atoms with E-state index in [9.17, 15) is 5.11 Å². The van der Waals surface area contributed by atoms with Crippen LogP contribution < -0.4 is 10.6 Å². The Balaban J connectivity index is 2.10. The van der Waals surface area contributed by atoms with Gasteiger partial charge in [-0.25, -0.2) is 9.97 Å². The van der Waals surface area contributed by atoms with Crippen LogP contribution in [0.15, 0.2) is 11.2 Å². The van der Waals surface area contributed by atoms with Crippen molar-refractivity contribution in [3.63, 3.8) is 0 Å². The molecule has 2 rings (SSSR count). The third-order valence-corrected chi connectivity index (χ3v) is 4.86. The molecule has 0 amide bonds. The molecule has 1 aromatic heterocycles. The molecule has 1 atom stereocenters. The maximum atomic E-state index is 10.8. The van der Waals surface area contributed by atoms with Gasteiger partial charge < -0.3 is 20.6 Å². The minimum atomic E-state index is -0.697. The number of unbranched alkanes of at least 4 members (excludes halogenated alkanes) is 1. The lowest BCUT2D eigenvalue weighted by atomic mass is 9.92. The summed E-state index contributed by atoms with van der Waals surface area (Å²) >= 11 is 1.65. The Morgan fingerprint density at radius 1 is 1.43 bits per heavy atom. The fourth-order valence-corrected chi connectivity index (χ4v) is 3.93. The first kappa shape index (κ1) is 18.3. The lowest BCUT2D eigenvalue weighted by molar-refractivity contribution is 0.00350. The van der Waals surface area contributed by atoms with Gasteiger partial charge in [-0.15, -0.1) is 0 Å². The number of aromatic nitrogens is 2. The van der Waals surface area contributed by atoms with Crippen LogP contribution in [0.25, 0.3) is 0 Å². The van der Waals surface area contributed by atoms with Crippen LogP contribution in [0.5, 0.6) is 0 Å². The number of nitrogen functional groups attached to an aromatic ring is 1. The molecule has 6 nitrogen and oxygen atoms in total. The maximum absolute atomic E-state index is 10.8. The number of hydrogen-bond acceptors (Lipinski definition) is 7. The topological polar surface area (TPSA) is 78.5 Å². The summed E-state index contributed by atoms with van der Waals surface area (Å²) in [5.41, 5.74) is 5.26. The van der Waals surface area contributed by atoms with Gasteiger partial charge in [-0.2, -0.15) is 0 Å². The molecule has 7 heteroatoms. The van der Waals surface area contributed by atoms with E-state index in [0.29, 0.717) is 18.9 Å². The first-order valence-electron chi connectivity index (χ1n) is 8.31. The van der Waals surface area contributed by atoms with Crippen molar-refractivity contribution in [3.8, 4) is 0 Å². The molecule has 1 aliphatic heterocycles. The summed E-state index contributed by atoms with van der Waals surface area (Å²) in [5.74, 6) is 2.33. The molecule has 0 spiro atoms. The summed E-state index contributed by atoms with van der Waals surface area (Å²) in [6.07, 6.45) is 4.07. The molecule has 2 heterocycles. The average molecular weight is 340 g/mol. The summed E-state index contributed by atoms with van der Waals surface area (Å²) in [6, 6.07) is 1.81. The molecule has 3 N–H and O–H groups in total. The van der Waals surface area contributed by atoms with E-state index in [2.05, 4.69) is 21.8 Å². The van der Waals surface area contributed by atoms with Crippen molar-refractivity contribution in [2.75, 3.05) is 50.1 Å². The van der Waals surface area contributed by atoms with E-state index >= 15 is 0 Å². The highest BCUT2D eigenvalue weighted by atomic mass is 32.2. The molecule has 0 aromatic carbocycles. The molecule has 1 aromatic rings. The molecule has 0 aliphatic carbocycles. The Hall–Kier alpha value is -1.05. The number of aliphatic hydroxyl groups is 1. The fraction of sp³-hybridized carbons (Fsp3) is 0.750. The molecule has 1 saturated heterocycles. The number of rotatable bonds is 7. The van der Waals surface area contributed by atoms with Gasteiger partial charge in [-0.1, -0.05) is 25.1 Å². The Morgan fingerprint density at radius 2 is 2.22 bits per heavy atom. The second-order valence-electron chi connectivity index (χ2n) is 6.62. The number of thioether (sulfide) groups is 1. The smallest absolute Gasteiger partial charge is 0.191 e. The van der Waals surface area contributed by atoms with Gasteiger partial charge in [-0.05, 0) is 33.4 Å². The average Bonchev–Trinajstić information content (AvgIpc) is 2.45. The lowest BCUT2D eigenvalue weighted by Crippen LogP contribution is -2.53. The molecule has 0 bridgehead atoms. The van der Waals surface area contributed by atoms with Crippen LogP contribution in [-0.2, 0) is 0 Å². The second-order valence-corrected chi connectivity index (χ2v) is 7.68. The summed E-state index contributed by atoms with van der Waals surface area (Å²) in [6.45, 7) is 4.31. The molecule has 23 heavy (non-hydrogen) atoms. The van der Waals surface area contributed by atoms with Crippen molar-refractivity contribution < 1.29 is 5.11 Å². The number of anilines is 2. The van der Waals surface area contributed by atoms with Crippen LogP contribution in [0.3, 0.4) is 0 Å². The van der Waals surface area contributed by atoms with Gasteiger partial charge in [-0.3, -0.25) is 0 Å². The zero-order chi connectivity index (χ0) is 16.9. The number of hydrogen-bond donors (Lipinski definition) is 2. The summed E-state index contributed by atoms with van der Waals surface area (Å²) < 4.78 is 0. The largest absolute Gasteiger partial charge is 0.387 e. The van der Waals surface area contributed by atoms with E-state index in [1.54, 1.807) is 11.8 Å². The van der Waals surface area contributed by atoms with Gasteiger partial charge in [0, 0.05) is 31.5 Å². The monoisotopic (exact) mass is 339 g/mol.